The number of hydrogen-bond acceptors (Lipinski definition) is 2. The highest BCUT2D eigenvalue weighted by Crippen LogP contribution is 2.27. The molecule has 0 aliphatic rings. The zero-order chi connectivity index (χ0) is 9.97. The molecule has 0 saturated heterocycles. The quantitative estimate of drug-likeness (QED) is 0.674. The number of aldehydes is 1. The van der Waals surface area contributed by atoms with E-state index < -0.39 is 0 Å². The molecule has 0 bridgehead atoms. The number of carbonyl (C=O) groups is 1. The molecule has 0 fully saturated rings. The van der Waals surface area contributed by atoms with E-state index >= 15 is 0 Å². The van der Waals surface area contributed by atoms with Crippen molar-refractivity contribution in [3.05, 3.63) is 42.0 Å². The molecule has 2 aromatic carbocycles. The molecule has 0 amide bonds. The predicted molar refractivity (Wildman–Crippen MR) is 55.9 cm³/mol. The molecule has 2 rings (SSSR count). The average Bonchev–Trinajstić information content (AvgIpc) is 2.27. The Kier molecular flexibility index (Phi) is 2.19. The van der Waals surface area contributed by atoms with Crippen LogP contribution >= 0.6 is 0 Å². The van der Waals surface area contributed by atoms with E-state index in [1.54, 1.807) is 13.2 Å². The zero-order valence-corrected chi connectivity index (χ0v) is 7.86. The molecule has 2 aromatic rings. The van der Waals surface area contributed by atoms with E-state index in [1.165, 1.54) is 0 Å². The van der Waals surface area contributed by atoms with Crippen molar-refractivity contribution in [2.24, 2.45) is 0 Å². The third kappa shape index (κ3) is 1.25. The molecule has 0 N–H and O–H groups in total. The van der Waals surface area contributed by atoms with E-state index in [1.807, 2.05) is 30.3 Å². The Morgan fingerprint density at radius 1 is 1.07 bits per heavy atom. The van der Waals surface area contributed by atoms with Gasteiger partial charge >= 0.3 is 0 Å². The van der Waals surface area contributed by atoms with Crippen LogP contribution in [0, 0.1) is 0 Å². The molecule has 2 heteroatoms. The van der Waals surface area contributed by atoms with Gasteiger partial charge in [0, 0.05) is 10.9 Å². The van der Waals surface area contributed by atoms with Gasteiger partial charge in [-0.2, -0.15) is 0 Å². The molecule has 14 heavy (non-hydrogen) atoms. The molecular weight excluding hydrogens is 176 g/mol. The van der Waals surface area contributed by atoms with Crippen LogP contribution in [0.15, 0.2) is 36.4 Å². The van der Waals surface area contributed by atoms with Crippen LogP contribution in [0.1, 0.15) is 10.4 Å². The summed E-state index contributed by atoms with van der Waals surface area (Å²) >= 11 is 0. The van der Waals surface area contributed by atoms with Gasteiger partial charge < -0.3 is 4.74 Å². The molecule has 0 aromatic heterocycles. The van der Waals surface area contributed by atoms with E-state index in [9.17, 15) is 4.79 Å². The van der Waals surface area contributed by atoms with Crippen molar-refractivity contribution in [2.75, 3.05) is 7.11 Å². The van der Waals surface area contributed by atoms with Gasteiger partial charge in [-0.1, -0.05) is 24.3 Å². The second-order valence-electron chi connectivity index (χ2n) is 3.02. The number of ether oxygens (including phenoxy) is 1. The maximum Gasteiger partial charge on any atom is 0.150 e. The number of fused-ring (bicyclic) bond motifs is 1. The largest absolute Gasteiger partial charge is 0.496 e. The minimum absolute atomic E-state index is 0.696. The van der Waals surface area contributed by atoms with E-state index in [0.717, 1.165) is 22.8 Å². The van der Waals surface area contributed by atoms with Crippen molar-refractivity contribution < 1.29 is 9.53 Å². The van der Waals surface area contributed by atoms with Crippen molar-refractivity contribution >= 4 is 17.1 Å². The summed E-state index contributed by atoms with van der Waals surface area (Å²) in [6.45, 7) is 0. The lowest BCUT2D eigenvalue weighted by Crippen LogP contribution is -1.88. The molecule has 2 nitrogen and oxygen atoms in total. The Morgan fingerprint density at radius 3 is 2.43 bits per heavy atom. The van der Waals surface area contributed by atoms with Crippen LogP contribution in [0.25, 0.3) is 10.8 Å². The van der Waals surface area contributed by atoms with Crippen LogP contribution < -0.4 is 4.74 Å². The van der Waals surface area contributed by atoms with Gasteiger partial charge in [-0.05, 0) is 17.5 Å². The van der Waals surface area contributed by atoms with Crippen LogP contribution in [0.3, 0.4) is 0 Å². The molecule has 0 spiro atoms. The first kappa shape index (κ1) is 8.75. The summed E-state index contributed by atoms with van der Waals surface area (Å²) in [5.74, 6) is 0.797. The summed E-state index contributed by atoms with van der Waals surface area (Å²) in [5.41, 5.74) is 0.696. The fourth-order valence-corrected chi connectivity index (χ4v) is 1.58. The third-order valence-corrected chi connectivity index (χ3v) is 2.26. The second-order valence-corrected chi connectivity index (χ2v) is 3.02. The van der Waals surface area contributed by atoms with Gasteiger partial charge in [0.25, 0.3) is 0 Å². The molecule has 0 heterocycles. The fourth-order valence-electron chi connectivity index (χ4n) is 1.58. The first-order valence-electron chi connectivity index (χ1n) is 4.37. The predicted octanol–water partition coefficient (Wildman–Crippen LogP) is 2.66. The number of carbonyl (C=O) groups excluding carboxylic acids is 1. The molecule has 0 unspecified atom stereocenters. The Labute approximate surface area is 82.1 Å². The van der Waals surface area contributed by atoms with E-state index in [4.69, 9.17) is 4.74 Å². The summed E-state index contributed by atoms with van der Waals surface area (Å²) in [4.78, 5) is 10.8. The lowest BCUT2D eigenvalue weighted by atomic mass is 10.0. The van der Waals surface area contributed by atoms with Crippen molar-refractivity contribution in [3.63, 3.8) is 0 Å². The van der Waals surface area contributed by atoms with Crippen LogP contribution in [0.5, 0.6) is 5.75 Å². The number of benzene rings is 2. The van der Waals surface area contributed by atoms with Gasteiger partial charge in [0.2, 0.25) is 0 Å². The first-order valence-corrected chi connectivity index (χ1v) is 4.37. The second kappa shape index (κ2) is 3.50. The Bertz CT molecular complexity index is 475. The van der Waals surface area contributed by atoms with Crippen LogP contribution in [0.2, 0.25) is 0 Å². The highest BCUT2D eigenvalue weighted by atomic mass is 16.5. The molecule has 70 valence electrons. The fraction of sp³-hybridized carbons (Fsp3) is 0.0833. The summed E-state index contributed by atoms with van der Waals surface area (Å²) in [6.07, 6.45) is 0.863. The van der Waals surface area contributed by atoms with Crippen molar-refractivity contribution in [1.82, 2.24) is 0 Å². The number of rotatable bonds is 2. The lowest BCUT2D eigenvalue weighted by molar-refractivity contribution is 0.112. The normalized spacial score (nSPS) is 10.1. The zero-order valence-electron chi connectivity index (χ0n) is 7.86. The van der Waals surface area contributed by atoms with Gasteiger partial charge in [-0.15, -0.1) is 0 Å². The first-order chi connectivity index (χ1) is 6.86. The summed E-state index contributed by atoms with van der Waals surface area (Å²) in [5, 5.41) is 1.90. The highest BCUT2D eigenvalue weighted by Gasteiger charge is 2.03. The summed E-state index contributed by atoms with van der Waals surface area (Å²) < 4.78 is 5.21. The summed E-state index contributed by atoms with van der Waals surface area (Å²) in [6, 6.07) is 11.3. The minimum atomic E-state index is 0.696. The monoisotopic (exact) mass is 186 g/mol. The number of methoxy groups -OCH3 is 1. The van der Waals surface area contributed by atoms with Gasteiger partial charge in [-0.25, -0.2) is 0 Å². The molecule has 0 saturated carbocycles. The van der Waals surface area contributed by atoms with E-state index in [0.29, 0.717) is 5.56 Å². The molecule has 0 radical (unpaired) electrons. The summed E-state index contributed by atoms with van der Waals surface area (Å²) in [7, 11) is 1.63. The van der Waals surface area contributed by atoms with E-state index in [2.05, 4.69) is 0 Å². The van der Waals surface area contributed by atoms with Crippen LogP contribution in [0.4, 0.5) is 0 Å². The molecular formula is C12H10O2. The smallest absolute Gasteiger partial charge is 0.150 e. The lowest BCUT2D eigenvalue weighted by Gasteiger charge is -2.06. The van der Waals surface area contributed by atoms with Gasteiger partial charge in [0.1, 0.15) is 5.75 Å². The Hall–Kier alpha value is -1.83. The SMILES string of the molecule is COc1ccc(C=O)c2ccccc12. The van der Waals surface area contributed by atoms with E-state index in [-0.39, 0.29) is 0 Å². The van der Waals surface area contributed by atoms with Crippen LogP contribution in [-0.4, -0.2) is 13.4 Å². The molecule has 0 aliphatic carbocycles. The topological polar surface area (TPSA) is 26.3 Å². The van der Waals surface area contributed by atoms with Gasteiger partial charge in [-0.3, -0.25) is 4.79 Å². The molecule has 0 atom stereocenters. The maximum absolute atomic E-state index is 10.8. The van der Waals surface area contributed by atoms with Crippen molar-refractivity contribution in [3.8, 4) is 5.75 Å². The highest BCUT2D eigenvalue weighted by molar-refractivity contribution is 6.00. The van der Waals surface area contributed by atoms with Crippen LogP contribution in [-0.2, 0) is 0 Å². The minimum Gasteiger partial charge on any atom is -0.496 e. The standard InChI is InChI=1S/C12H10O2/c1-14-12-7-6-9(8-13)10-4-2-3-5-11(10)12/h2-8H,1H3. The third-order valence-electron chi connectivity index (χ3n) is 2.26. The maximum atomic E-state index is 10.8. The van der Waals surface area contributed by atoms with Gasteiger partial charge in [0.05, 0.1) is 7.11 Å². The average molecular weight is 186 g/mol. The number of hydrogen-bond donors (Lipinski definition) is 0. The van der Waals surface area contributed by atoms with Crippen molar-refractivity contribution in [2.45, 2.75) is 0 Å². The van der Waals surface area contributed by atoms with Gasteiger partial charge in [0.15, 0.2) is 6.29 Å². The Morgan fingerprint density at radius 2 is 1.79 bits per heavy atom. The molecule has 0 aliphatic heterocycles. The Balaban J connectivity index is 2.84. The van der Waals surface area contributed by atoms with Crippen molar-refractivity contribution in [1.29, 1.82) is 0 Å².